The van der Waals surface area contributed by atoms with Crippen molar-refractivity contribution in [2.75, 3.05) is 17.6 Å². The molecule has 0 aliphatic carbocycles. The molecule has 0 fully saturated rings. The van der Waals surface area contributed by atoms with E-state index in [9.17, 15) is 8.42 Å². The molecule has 0 unspecified atom stereocenters. The minimum absolute atomic E-state index is 0.0197. The zero-order chi connectivity index (χ0) is 29.9. The highest BCUT2D eigenvalue weighted by atomic mass is 32.2. The zero-order valence-corrected chi connectivity index (χ0v) is 25.9. The average Bonchev–Trinajstić information content (AvgIpc) is 3.00. The predicted molar refractivity (Wildman–Crippen MR) is 174 cm³/mol. The van der Waals surface area contributed by atoms with Crippen molar-refractivity contribution in [3.63, 3.8) is 0 Å². The van der Waals surface area contributed by atoms with Crippen LogP contribution in [0.25, 0.3) is 11.3 Å². The second kappa shape index (κ2) is 12.1. The van der Waals surface area contributed by atoms with Gasteiger partial charge in [0.05, 0.1) is 17.6 Å². The number of halogens is 1. The molecule has 0 amide bonds. The van der Waals surface area contributed by atoms with Crippen molar-refractivity contribution < 1.29 is 12.8 Å². The highest BCUT2D eigenvalue weighted by Gasteiger charge is 2.47. The van der Waals surface area contributed by atoms with Crippen LogP contribution < -0.4 is 20.2 Å². The van der Waals surface area contributed by atoms with Crippen LogP contribution in [-0.4, -0.2) is 31.7 Å². The second-order valence-corrected chi connectivity index (χ2v) is 16.1. The van der Waals surface area contributed by atoms with Gasteiger partial charge in [0.2, 0.25) is 16.0 Å². The smallest absolute Gasteiger partial charge is 0.239 e. The van der Waals surface area contributed by atoms with Crippen molar-refractivity contribution in [3.8, 4) is 11.3 Å². The van der Waals surface area contributed by atoms with Crippen molar-refractivity contribution in [3.05, 3.63) is 132 Å². The van der Waals surface area contributed by atoms with Crippen molar-refractivity contribution in [1.29, 1.82) is 0 Å². The third-order valence-electron chi connectivity index (χ3n) is 7.47. The highest BCUT2D eigenvalue weighted by Crippen LogP contribution is 2.59. The number of rotatable bonds is 9. The van der Waals surface area contributed by atoms with Gasteiger partial charge in [-0.05, 0) is 54.4 Å². The van der Waals surface area contributed by atoms with Crippen LogP contribution in [0.15, 0.2) is 115 Å². The van der Waals surface area contributed by atoms with Crippen LogP contribution in [0.5, 0.6) is 0 Å². The van der Waals surface area contributed by atoms with Crippen LogP contribution in [0.2, 0.25) is 0 Å². The average molecular weight is 599 g/mol. The third kappa shape index (κ3) is 5.72. The van der Waals surface area contributed by atoms with Gasteiger partial charge in [0.25, 0.3) is 0 Å². The molecule has 5 nitrogen and oxygen atoms in total. The molecule has 0 spiro atoms. The Morgan fingerprint density at radius 2 is 1.19 bits per heavy atom. The molecule has 0 bridgehead atoms. The number of benzene rings is 4. The fraction of sp³-hybridized carbons (Fsp3) is 0.176. The Hall–Kier alpha value is -3.93. The van der Waals surface area contributed by atoms with Gasteiger partial charge in [-0.2, -0.15) is 0 Å². The SMILES string of the molecule is CC(C)c1nc(N(C)S(C)(=O)=O)nc(-c2ccccc2F)c1C[P+](c1ccccc1)(c1ccccc1)c1ccccc1. The monoisotopic (exact) mass is 598 g/mol. The summed E-state index contributed by atoms with van der Waals surface area (Å²) in [4.78, 5) is 9.64. The van der Waals surface area contributed by atoms with Crippen LogP contribution in [0.3, 0.4) is 0 Å². The molecule has 214 valence electrons. The predicted octanol–water partition coefficient (Wildman–Crippen LogP) is 6.30. The van der Waals surface area contributed by atoms with Gasteiger partial charge in [0.15, 0.2) is 0 Å². The largest absolute Gasteiger partial charge is 0.241 e. The lowest BCUT2D eigenvalue weighted by atomic mass is 9.99. The first-order valence-corrected chi connectivity index (χ1v) is 17.6. The molecule has 0 aliphatic heterocycles. The topological polar surface area (TPSA) is 63.2 Å². The van der Waals surface area contributed by atoms with Gasteiger partial charge in [0, 0.05) is 18.2 Å². The van der Waals surface area contributed by atoms with E-state index in [0.29, 0.717) is 23.1 Å². The van der Waals surface area contributed by atoms with E-state index in [1.165, 1.54) is 29.0 Å². The third-order valence-corrected chi connectivity index (χ3v) is 13.0. The standard InChI is InChI=1S/C34H34FN3O2PS/c1-25(2)32-30(33(29-22-14-15-23-31(29)35)37-34(36-32)38(3)42(4,39)40)24-41(26-16-8-5-9-17-26,27-18-10-6-11-19-27)28-20-12-7-13-21-28/h5-23,25H,24H2,1-4H3/q+1. The Morgan fingerprint density at radius 3 is 1.62 bits per heavy atom. The summed E-state index contributed by atoms with van der Waals surface area (Å²) in [6.07, 6.45) is 1.63. The number of anilines is 1. The Balaban J connectivity index is 1.91. The molecule has 5 rings (SSSR count). The van der Waals surface area contributed by atoms with Gasteiger partial charge >= 0.3 is 0 Å². The Bertz CT molecular complexity index is 1690. The van der Waals surface area contributed by atoms with E-state index < -0.39 is 23.1 Å². The summed E-state index contributed by atoms with van der Waals surface area (Å²) in [7, 11) is -4.65. The summed E-state index contributed by atoms with van der Waals surface area (Å²) in [6.45, 7) is 4.05. The maximum absolute atomic E-state index is 15.6. The van der Waals surface area contributed by atoms with Crippen LogP contribution in [0.4, 0.5) is 10.3 Å². The molecule has 0 aliphatic rings. The summed E-state index contributed by atoms with van der Waals surface area (Å²) in [6, 6.07) is 37.9. The van der Waals surface area contributed by atoms with Crippen molar-refractivity contribution >= 4 is 39.1 Å². The Kier molecular flexibility index (Phi) is 8.53. The van der Waals surface area contributed by atoms with E-state index >= 15 is 4.39 Å². The molecule has 0 saturated carbocycles. The van der Waals surface area contributed by atoms with Crippen molar-refractivity contribution in [2.45, 2.75) is 25.9 Å². The first-order valence-electron chi connectivity index (χ1n) is 13.8. The molecule has 0 radical (unpaired) electrons. The van der Waals surface area contributed by atoms with Crippen LogP contribution >= 0.6 is 7.26 Å². The first-order chi connectivity index (χ1) is 20.1. The van der Waals surface area contributed by atoms with Gasteiger partial charge in [-0.1, -0.05) is 80.6 Å². The van der Waals surface area contributed by atoms with E-state index in [1.807, 2.05) is 32.0 Å². The molecule has 4 aromatic carbocycles. The van der Waals surface area contributed by atoms with Crippen LogP contribution in [0.1, 0.15) is 31.0 Å². The minimum atomic E-state index is -3.66. The molecular weight excluding hydrogens is 564 g/mol. The lowest BCUT2D eigenvalue weighted by molar-refractivity contribution is 0.599. The summed E-state index contributed by atoms with van der Waals surface area (Å²) >= 11 is 0. The lowest BCUT2D eigenvalue weighted by Crippen LogP contribution is -2.33. The molecule has 0 saturated heterocycles. The summed E-state index contributed by atoms with van der Waals surface area (Å²) in [5.41, 5.74) is 2.23. The van der Waals surface area contributed by atoms with Crippen LogP contribution in [-0.2, 0) is 16.2 Å². The summed E-state index contributed by atoms with van der Waals surface area (Å²) in [5, 5.41) is 3.52. The van der Waals surface area contributed by atoms with Gasteiger partial charge in [-0.15, -0.1) is 0 Å². The van der Waals surface area contributed by atoms with Crippen LogP contribution in [0, 0.1) is 5.82 Å². The molecular formula is C34H34FN3O2PS+. The number of hydrogen-bond acceptors (Lipinski definition) is 4. The molecule has 1 aromatic heterocycles. The fourth-order valence-corrected chi connectivity index (χ4v) is 9.94. The number of hydrogen-bond donors (Lipinski definition) is 0. The second-order valence-electron chi connectivity index (χ2n) is 10.6. The van der Waals surface area contributed by atoms with E-state index in [2.05, 4.69) is 72.8 Å². The lowest BCUT2D eigenvalue weighted by Gasteiger charge is -2.30. The minimum Gasteiger partial charge on any atom is -0.241 e. The Labute approximate surface area is 248 Å². The van der Waals surface area contributed by atoms with Gasteiger partial charge in [-0.25, -0.2) is 27.1 Å². The highest BCUT2D eigenvalue weighted by molar-refractivity contribution is 7.95. The van der Waals surface area contributed by atoms with Gasteiger partial charge < -0.3 is 0 Å². The maximum atomic E-state index is 15.6. The molecule has 1 heterocycles. The molecule has 42 heavy (non-hydrogen) atoms. The molecule has 0 atom stereocenters. The first kappa shape index (κ1) is 29.6. The van der Waals surface area contributed by atoms with E-state index in [4.69, 9.17) is 9.97 Å². The zero-order valence-electron chi connectivity index (χ0n) is 24.1. The number of aromatic nitrogens is 2. The maximum Gasteiger partial charge on any atom is 0.239 e. The van der Waals surface area contributed by atoms with Crippen molar-refractivity contribution in [1.82, 2.24) is 9.97 Å². The van der Waals surface area contributed by atoms with Gasteiger partial charge in [-0.3, -0.25) is 0 Å². The number of nitrogens with zero attached hydrogens (tertiary/aromatic N) is 3. The van der Waals surface area contributed by atoms with E-state index in [0.717, 1.165) is 16.1 Å². The normalized spacial score (nSPS) is 12.0. The van der Waals surface area contributed by atoms with E-state index in [1.54, 1.807) is 18.2 Å². The Morgan fingerprint density at radius 1 is 0.738 bits per heavy atom. The molecule has 0 N–H and O–H groups in total. The van der Waals surface area contributed by atoms with Crippen molar-refractivity contribution in [2.24, 2.45) is 0 Å². The summed E-state index contributed by atoms with van der Waals surface area (Å²) < 4.78 is 41.8. The number of sulfonamides is 1. The quantitative estimate of drug-likeness (QED) is 0.187. The van der Waals surface area contributed by atoms with E-state index in [-0.39, 0.29) is 11.9 Å². The molecule has 8 heteroatoms. The fourth-order valence-electron chi connectivity index (χ4n) is 5.29. The molecule has 5 aromatic rings. The van der Waals surface area contributed by atoms with Gasteiger partial charge in [0.1, 0.15) is 35.2 Å². The summed E-state index contributed by atoms with van der Waals surface area (Å²) in [5.74, 6) is -0.501.